The van der Waals surface area contributed by atoms with Gasteiger partial charge in [-0.05, 0) is 47.5 Å². The molecule has 1 aliphatic heterocycles. The molecule has 284 valence electrons. The Kier molecular flexibility index (Phi) is 16.8. The molecule has 0 bridgehead atoms. The molecule has 54 heavy (non-hydrogen) atoms. The fourth-order valence-corrected chi connectivity index (χ4v) is 5.21. The fourth-order valence-electron chi connectivity index (χ4n) is 5.21. The van der Waals surface area contributed by atoms with E-state index in [1.165, 1.54) is 11.1 Å². The van der Waals surface area contributed by atoms with Crippen LogP contribution < -0.4 is 14.2 Å². The Bertz CT molecular complexity index is 1830. The molecule has 4 N–H and O–H groups in total. The van der Waals surface area contributed by atoms with Gasteiger partial charge in [-0.1, -0.05) is 30.3 Å². The second-order valence-corrected chi connectivity index (χ2v) is 11.5. The Morgan fingerprint density at radius 2 is 0.963 bits per heavy atom. The number of piperazine rings is 1. The van der Waals surface area contributed by atoms with Gasteiger partial charge in [0, 0.05) is 87.1 Å². The van der Waals surface area contributed by atoms with Crippen molar-refractivity contribution in [2.45, 2.75) is 13.1 Å². The minimum atomic E-state index is -1.26. The van der Waals surface area contributed by atoms with Gasteiger partial charge in [-0.2, -0.15) is 0 Å². The molecule has 0 aliphatic carbocycles. The van der Waals surface area contributed by atoms with E-state index in [9.17, 15) is 19.2 Å². The van der Waals surface area contributed by atoms with Crippen molar-refractivity contribution in [2.75, 3.05) is 47.5 Å². The van der Waals surface area contributed by atoms with Gasteiger partial charge >= 0.3 is 23.9 Å². The number of carboxylic acid groups (broad SMARTS) is 4. The van der Waals surface area contributed by atoms with Crippen LogP contribution in [0.15, 0.2) is 103 Å². The Hall–Kier alpha value is -6.58. The zero-order valence-electron chi connectivity index (χ0n) is 30.0. The predicted octanol–water partition coefficient (Wildman–Crippen LogP) is 4.58. The molecule has 3 heterocycles. The first-order chi connectivity index (χ1) is 25.9. The van der Waals surface area contributed by atoms with Crippen LogP contribution in [0.1, 0.15) is 11.1 Å². The molecular formula is C39H42N4O11. The molecule has 0 spiro atoms. The minimum absolute atomic E-state index is 0.558. The normalized spacial score (nSPS) is 12.9. The summed E-state index contributed by atoms with van der Waals surface area (Å²) in [4.78, 5) is 52.4. The molecular weight excluding hydrogens is 700 g/mol. The summed E-state index contributed by atoms with van der Waals surface area (Å²) in [5.74, 6) is -3.21. The van der Waals surface area contributed by atoms with Crippen molar-refractivity contribution < 1.29 is 53.8 Å². The van der Waals surface area contributed by atoms with Crippen LogP contribution in [0, 0.1) is 0 Å². The number of carboxylic acids is 4. The maximum absolute atomic E-state index is 9.55. The Balaban J connectivity index is 0.000000410. The highest BCUT2D eigenvalue weighted by atomic mass is 16.5. The Morgan fingerprint density at radius 3 is 1.31 bits per heavy atom. The average molecular weight is 743 g/mol. The number of hydrogen-bond donors (Lipinski definition) is 4. The lowest BCUT2D eigenvalue weighted by Crippen LogP contribution is -2.45. The number of hydrogen-bond acceptors (Lipinski definition) is 11. The van der Waals surface area contributed by atoms with Crippen molar-refractivity contribution in [3.63, 3.8) is 0 Å². The summed E-state index contributed by atoms with van der Waals surface area (Å²) >= 11 is 0. The van der Waals surface area contributed by atoms with Gasteiger partial charge in [-0.25, -0.2) is 19.2 Å². The van der Waals surface area contributed by atoms with Crippen LogP contribution in [0.2, 0.25) is 0 Å². The molecule has 1 fully saturated rings. The van der Waals surface area contributed by atoms with Gasteiger partial charge < -0.3 is 34.6 Å². The van der Waals surface area contributed by atoms with E-state index in [1.54, 1.807) is 21.3 Å². The summed E-state index contributed by atoms with van der Waals surface area (Å²) in [6.07, 6.45) is 6.02. The van der Waals surface area contributed by atoms with E-state index in [1.807, 2.05) is 30.6 Å². The lowest BCUT2D eigenvalue weighted by Gasteiger charge is -2.34. The highest BCUT2D eigenvalue weighted by Gasteiger charge is 2.19. The van der Waals surface area contributed by atoms with E-state index in [0.717, 1.165) is 61.8 Å². The van der Waals surface area contributed by atoms with E-state index in [2.05, 4.69) is 68.3 Å². The van der Waals surface area contributed by atoms with E-state index in [0.29, 0.717) is 41.6 Å². The molecule has 0 radical (unpaired) electrons. The molecule has 0 unspecified atom stereocenters. The molecule has 15 heteroatoms. The van der Waals surface area contributed by atoms with Crippen molar-refractivity contribution in [2.24, 2.45) is 0 Å². The third-order valence-corrected chi connectivity index (χ3v) is 7.69. The Labute approximate surface area is 312 Å². The van der Waals surface area contributed by atoms with Crippen LogP contribution >= 0.6 is 0 Å². The summed E-state index contributed by atoms with van der Waals surface area (Å²) in [5.41, 5.74) is 6.53. The zero-order valence-corrected chi connectivity index (χ0v) is 30.0. The summed E-state index contributed by atoms with van der Waals surface area (Å²) < 4.78 is 16.5. The number of ether oxygens (including phenoxy) is 3. The molecule has 0 amide bonds. The summed E-state index contributed by atoms with van der Waals surface area (Å²) in [5, 5.41) is 31.2. The molecule has 0 atom stereocenters. The van der Waals surface area contributed by atoms with Crippen molar-refractivity contribution in [3.8, 4) is 39.8 Å². The number of benzene rings is 2. The third kappa shape index (κ3) is 14.2. The number of methoxy groups -OCH3 is 3. The molecule has 1 aliphatic rings. The number of aromatic nitrogens is 2. The average Bonchev–Trinajstić information content (AvgIpc) is 3.17. The van der Waals surface area contributed by atoms with Gasteiger partial charge in [0.15, 0.2) is 11.5 Å². The molecule has 0 saturated carbocycles. The first kappa shape index (κ1) is 41.8. The van der Waals surface area contributed by atoms with E-state index < -0.39 is 23.9 Å². The standard InChI is InChI=1S/C31H34N4O3.2C4H4O4/c1-36-29-19-26(20-30(37-2)31(29)38-3)28-18-24(10-12-33-28)22-35-15-13-34(14-16-35)21-23-9-11-32-27(17-23)25-7-5-4-6-8-25;2*5-3(6)1-2-4(7)8/h4-12,17-20H,13-16,21-22H2,1-3H3;2*1-2H,(H,5,6)(H,7,8)/b;2*2-1+. The number of aliphatic carboxylic acids is 4. The minimum Gasteiger partial charge on any atom is -0.493 e. The second kappa shape index (κ2) is 21.7. The van der Waals surface area contributed by atoms with E-state index in [4.69, 9.17) is 34.6 Å². The summed E-state index contributed by atoms with van der Waals surface area (Å²) in [6, 6.07) is 22.8. The second-order valence-electron chi connectivity index (χ2n) is 11.5. The maximum Gasteiger partial charge on any atom is 0.328 e. The lowest BCUT2D eigenvalue weighted by atomic mass is 10.1. The van der Waals surface area contributed by atoms with E-state index in [-0.39, 0.29) is 0 Å². The molecule has 2 aromatic carbocycles. The molecule has 1 saturated heterocycles. The molecule has 15 nitrogen and oxygen atoms in total. The smallest absolute Gasteiger partial charge is 0.328 e. The van der Waals surface area contributed by atoms with Crippen molar-refractivity contribution >= 4 is 23.9 Å². The van der Waals surface area contributed by atoms with Crippen LogP contribution in [-0.4, -0.2) is 112 Å². The van der Waals surface area contributed by atoms with Gasteiger partial charge in [0.2, 0.25) is 5.75 Å². The van der Waals surface area contributed by atoms with Crippen LogP contribution in [0.3, 0.4) is 0 Å². The van der Waals surface area contributed by atoms with Gasteiger partial charge in [-0.3, -0.25) is 19.8 Å². The van der Waals surface area contributed by atoms with Crippen LogP contribution in [0.4, 0.5) is 0 Å². The topological polar surface area (TPSA) is 209 Å². The van der Waals surface area contributed by atoms with E-state index >= 15 is 0 Å². The van der Waals surface area contributed by atoms with Crippen molar-refractivity contribution in [1.29, 1.82) is 0 Å². The first-order valence-corrected chi connectivity index (χ1v) is 16.4. The number of rotatable bonds is 13. The highest BCUT2D eigenvalue weighted by molar-refractivity contribution is 5.90. The number of carbonyl (C=O) groups is 4. The van der Waals surface area contributed by atoms with Gasteiger partial charge in [0.1, 0.15) is 0 Å². The van der Waals surface area contributed by atoms with Gasteiger partial charge in [0.25, 0.3) is 0 Å². The fraction of sp³-hybridized carbons (Fsp3) is 0.231. The lowest BCUT2D eigenvalue weighted by molar-refractivity contribution is -0.134. The molecule has 5 rings (SSSR count). The largest absolute Gasteiger partial charge is 0.493 e. The first-order valence-electron chi connectivity index (χ1n) is 16.4. The summed E-state index contributed by atoms with van der Waals surface area (Å²) in [6.45, 7) is 5.95. The third-order valence-electron chi connectivity index (χ3n) is 7.69. The van der Waals surface area contributed by atoms with Crippen LogP contribution in [0.5, 0.6) is 17.2 Å². The number of nitrogens with zero attached hydrogens (tertiary/aromatic N) is 4. The maximum atomic E-state index is 9.55. The molecule has 2 aromatic heterocycles. The SMILES string of the molecule is COc1cc(-c2cc(CN3CCN(Cc4ccnc(-c5ccccc5)c4)CC3)ccn2)cc(OC)c1OC.O=C(O)/C=C/C(=O)O.O=C(O)/C=C/C(=O)O. The predicted molar refractivity (Wildman–Crippen MR) is 198 cm³/mol. The number of pyridine rings is 2. The van der Waals surface area contributed by atoms with Crippen molar-refractivity contribution in [3.05, 3.63) is 115 Å². The quantitative estimate of drug-likeness (QED) is 0.138. The molecule has 4 aromatic rings. The monoisotopic (exact) mass is 742 g/mol. The highest BCUT2D eigenvalue weighted by Crippen LogP contribution is 2.40. The Morgan fingerprint density at radius 1 is 0.574 bits per heavy atom. The van der Waals surface area contributed by atoms with Crippen molar-refractivity contribution in [1.82, 2.24) is 19.8 Å². The van der Waals surface area contributed by atoms with Crippen LogP contribution in [0.25, 0.3) is 22.5 Å². The van der Waals surface area contributed by atoms with Gasteiger partial charge in [0.05, 0.1) is 32.7 Å². The van der Waals surface area contributed by atoms with Crippen LogP contribution in [-0.2, 0) is 32.3 Å². The summed E-state index contributed by atoms with van der Waals surface area (Å²) in [7, 11) is 4.86. The van der Waals surface area contributed by atoms with Gasteiger partial charge in [-0.15, -0.1) is 0 Å². The zero-order chi connectivity index (χ0) is 39.5.